The average Bonchev–Trinajstić information content (AvgIpc) is 2.67. The molecule has 1 aromatic heterocycles. The van der Waals surface area contributed by atoms with E-state index in [-0.39, 0.29) is 6.04 Å². The fraction of sp³-hybridized carbons (Fsp3) is 0.556. The Hall–Kier alpha value is -1.37. The molecule has 1 rings (SSSR count). The van der Waals surface area contributed by atoms with Crippen LogP contribution in [0.4, 0.5) is 0 Å². The Bertz CT molecular complexity index is 452. The third-order valence-corrected chi connectivity index (χ3v) is 3.89. The van der Waals surface area contributed by atoms with Gasteiger partial charge in [-0.15, -0.1) is 0 Å². The van der Waals surface area contributed by atoms with Crippen LogP contribution in [0.1, 0.15) is 25.5 Å². The second kappa shape index (κ2) is 4.65. The molecule has 16 heavy (non-hydrogen) atoms. The summed E-state index contributed by atoms with van der Waals surface area (Å²) in [6, 6.07) is -0.268. The van der Waals surface area contributed by atoms with E-state index < -0.39 is 21.0 Å². The van der Waals surface area contributed by atoms with Crippen molar-refractivity contribution in [2.45, 2.75) is 25.1 Å². The highest BCUT2D eigenvalue weighted by Crippen LogP contribution is 2.10. The first-order valence-corrected chi connectivity index (χ1v) is 6.75. The van der Waals surface area contributed by atoms with E-state index >= 15 is 0 Å². The summed E-state index contributed by atoms with van der Waals surface area (Å²) in [5, 5.41) is 7.94. The number of rotatable bonds is 4. The Morgan fingerprint density at radius 2 is 2.12 bits per heavy atom. The maximum absolute atomic E-state index is 11.6. The van der Waals surface area contributed by atoms with Crippen molar-refractivity contribution < 1.29 is 13.2 Å². The third-order valence-electron chi connectivity index (χ3n) is 2.39. The first kappa shape index (κ1) is 12.7. The molecule has 0 saturated heterocycles. The highest BCUT2D eigenvalue weighted by Gasteiger charge is 2.24. The highest BCUT2D eigenvalue weighted by molar-refractivity contribution is 7.92. The zero-order valence-electron chi connectivity index (χ0n) is 9.39. The predicted molar refractivity (Wildman–Crippen MR) is 59.5 cm³/mol. The number of sulfone groups is 1. The quantitative estimate of drug-likeness (QED) is 0.782. The summed E-state index contributed by atoms with van der Waals surface area (Å²) in [6.45, 7) is 3.13. The third kappa shape index (κ3) is 3.06. The van der Waals surface area contributed by atoms with E-state index in [1.54, 1.807) is 19.3 Å². The predicted octanol–water partition coefficient (Wildman–Crippen LogP) is 0.0200. The molecule has 0 fully saturated rings. The van der Waals surface area contributed by atoms with Crippen molar-refractivity contribution >= 4 is 15.7 Å². The van der Waals surface area contributed by atoms with Gasteiger partial charge < -0.3 is 5.32 Å². The van der Waals surface area contributed by atoms with Crippen LogP contribution in [0.25, 0.3) is 0 Å². The lowest BCUT2D eigenvalue weighted by atomic mass is 10.2. The smallest absolute Gasteiger partial charge is 0.238 e. The minimum atomic E-state index is -3.35. The van der Waals surface area contributed by atoms with Crippen molar-refractivity contribution in [3.8, 4) is 0 Å². The van der Waals surface area contributed by atoms with Crippen LogP contribution in [0.3, 0.4) is 0 Å². The van der Waals surface area contributed by atoms with E-state index in [4.69, 9.17) is 0 Å². The molecule has 0 aliphatic rings. The first-order chi connectivity index (χ1) is 7.32. The van der Waals surface area contributed by atoms with Crippen molar-refractivity contribution in [2.24, 2.45) is 0 Å². The summed E-state index contributed by atoms with van der Waals surface area (Å²) >= 11 is 0. The number of nitrogens with zero attached hydrogens (tertiary/aromatic N) is 1. The molecule has 0 aliphatic heterocycles. The maximum Gasteiger partial charge on any atom is 0.238 e. The van der Waals surface area contributed by atoms with Crippen molar-refractivity contribution in [1.29, 1.82) is 0 Å². The number of hydrogen-bond acceptors (Lipinski definition) is 4. The summed E-state index contributed by atoms with van der Waals surface area (Å²) < 4.78 is 22.3. The molecule has 1 amide bonds. The van der Waals surface area contributed by atoms with Crippen LogP contribution < -0.4 is 5.32 Å². The highest BCUT2D eigenvalue weighted by atomic mass is 32.2. The Kier molecular flexibility index (Phi) is 3.69. The molecular weight excluding hydrogens is 230 g/mol. The lowest BCUT2D eigenvalue weighted by Crippen LogP contribution is -2.38. The van der Waals surface area contributed by atoms with Gasteiger partial charge in [0, 0.05) is 18.0 Å². The van der Waals surface area contributed by atoms with E-state index in [0.29, 0.717) is 0 Å². The molecule has 0 radical (unpaired) electrons. The molecule has 0 aliphatic carbocycles. The van der Waals surface area contributed by atoms with Crippen molar-refractivity contribution in [3.05, 3.63) is 18.0 Å². The van der Waals surface area contributed by atoms with Crippen LogP contribution in [-0.4, -0.2) is 36.0 Å². The Morgan fingerprint density at radius 3 is 2.56 bits per heavy atom. The normalized spacial score (nSPS) is 15.4. The van der Waals surface area contributed by atoms with Crippen LogP contribution in [-0.2, 0) is 14.6 Å². The molecule has 0 saturated carbocycles. The Labute approximate surface area is 94.4 Å². The van der Waals surface area contributed by atoms with Gasteiger partial charge in [-0.3, -0.25) is 9.89 Å². The van der Waals surface area contributed by atoms with E-state index in [0.717, 1.165) is 11.8 Å². The van der Waals surface area contributed by atoms with Crippen LogP contribution in [0.15, 0.2) is 12.4 Å². The van der Waals surface area contributed by atoms with Gasteiger partial charge in [0.25, 0.3) is 0 Å². The van der Waals surface area contributed by atoms with Gasteiger partial charge in [0.2, 0.25) is 5.91 Å². The number of aromatic nitrogens is 2. The molecule has 0 spiro atoms. The summed E-state index contributed by atoms with van der Waals surface area (Å²) in [6.07, 6.45) is 4.27. The fourth-order valence-electron chi connectivity index (χ4n) is 1.11. The lowest BCUT2D eigenvalue weighted by molar-refractivity contribution is -0.121. The summed E-state index contributed by atoms with van der Waals surface area (Å²) in [7, 11) is -3.35. The Balaban J connectivity index is 2.66. The number of carbonyl (C=O) groups excluding carboxylic acids is 1. The minimum absolute atomic E-state index is 0.268. The van der Waals surface area contributed by atoms with Gasteiger partial charge in [0.05, 0.1) is 12.2 Å². The van der Waals surface area contributed by atoms with Crippen molar-refractivity contribution in [2.75, 3.05) is 6.26 Å². The van der Waals surface area contributed by atoms with Gasteiger partial charge in [0.15, 0.2) is 9.84 Å². The van der Waals surface area contributed by atoms with Crippen molar-refractivity contribution in [1.82, 2.24) is 15.5 Å². The van der Waals surface area contributed by atoms with E-state index in [2.05, 4.69) is 15.5 Å². The molecule has 2 atom stereocenters. The number of amides is 1. The topological polar surface area (TPSA) is 91.9 Å². The molecular formula is C9H15N3O3S. The number of H-pyrrole nitrogens is 1. The molecule has 6 nitrogen and oxygen atoms in total. The van der Waals surface area contributed by atoms with E-state index in [1.807, 2.05) is 0 Å². The largest absolute Gasteiger partial charge is 0.348 e. The maximum atomic E-state index is 11.6. The second-order valence-corrected chi connectivity index (χ2v) is 6.10. The zero-order chi connectivity index (χ0) is 12.3. The van der Waals surface area contributed by atoms with E-state index in [1.165, 1.54) is 6.92 Å². The molecule has 7 heteroatoms. The van der Waals surface area contributed by atoms with Crippen LogP contribution >= 0.6 is 0 Å². The number of nitrogens with one attached hydrogen (secondary N) is 2. The van der Waals surface area contributed by atoms with Crippen LogP contribution in [0.2, 0.25) is 0 Å². The van der Waals surface area contributed by atoms with Gasteiger partial charge in [-0.2, -0.15) is 5.10 Å². The summed E-state index contributed by atoms with van der Waals surface area (Å²) in [5.74, 6) is -0.504. The summed E-state index contributed by atoms with van der Waals surface area (Å²) in [4.78, 5) is 11.6. The van der Waals surface area contributed by atoms with Crippen LogP contribution in [0.5, 0.6) is 0 Å². The minimum Gasteiger partial charge on any atom is -0.348 e. The number of aromatic amines is 1. The first-order valence-electron chi connectivity index (χ1n) is 4.80. The molecule has 1 aromatic rings. The van der Waals surface area contributed by atoms with Gasteiger partial charge in [-0.25, -0.2) is 8.42 Å². The van der Waals surface area contributed by atoms with Gasteiger partial charge in [-0.05, 0) is 13.8 Å². The number of carbonyl (C=O) groups is 1. The lowest BCUT2D eigenvalue weighted by Gasteiger charge is -2.15. The van der Waals surface area contributed by atoms with Crippen LogP contribution in [0, 0.1) is 0 Å². The molecule has 2 N–H and O–H groups in total. The van der Waals surface area contributed by atoms with Gasteiger partial charge >= 0.3 is 0 Å². The van der Waals surface area contributed by atoms with Gasteiger partial charge in [-0.1, -0.05) is 0 Å². The monoisotopic (exact) mass is 245 g/mol. The van der Waals surface area contributed by atoms with E-state index in [9.17, 15) is 13.2 Å². The standard InChI is InChI=1S/C9H15N3O3S/c1-6(8-4-10-11-5-8)12-9(13)7(2)16(3,14)15/h4-7H,1-3H3,(H,10,11)(H,12,13). The molecule has 2 unspecified atom stereocenters. The number of hydrogen-bond donors (Lipinski definition) is 2. The molecule has 0 bridgehead atoms. The fourth-order valence-corrected chi connectivity index (χ4v) is 1.56. The summed E-state index contributed by atoms with van der Waals surface area (Å²) in [5.41, 5.74) is 0.800. The van der Waals surface area contributed by atoms with Gasteiger partial charge in [0.1, 0.15) is 5.25 Å². The Morgan fingerprint density at radius 1 is 1.50 bits per heavy atom. The molecule has 0 aromatic carbocycles. The SMILES string of the molecule is CC(NC(=O)C(C)S(C)(=O)=O)c1cn[nH]c1. The molecule has 1 heterocycles. The second-order valence-electron chi connectivity index (χ2n) is 3.73. The van der Waals surface area contributed by atoms with Crippen molar-refractivity contribution in [3.63, 3.8) is 0 Å². The zero-order valence-corrected chi connectivity index (χ0v) is 10.2. The average molecular weight is 245 g/mol. The molecule has 90 valence electrons.